The minimum absolute atomic E-state index is 0.103. The van der Waals surface area contributed by atoms with Gasteiger partial charge in [-0.25, -0.2) is 0 Å². The average molecular weight is 1150 g/mol. The Labute approximate surface area is 484 Å². The molecule has 0 amide bonds. The van der Waals surface area contributed by atoms with E-state index < -0.39 is 32.3 Å². The van der Waals surface area contributed by atoms with Gasteiger partial charge in [-0.3, -0.25) is 19.2 Å². The largest absolute Gasteiger partial charge is 0.496 e. The van der Waals surface area contributed by atoms with Crippen LogP contribution in [0.25, 0.3) is 0 Å². The third kappa shape index (κ3) is 16.2. The van der Waals surface area contributed by atoms with Crippen LogP contribution in [0.1, 0.15) is 147 Å². The van der Waals surface area contributed by atoms with Crippen molar-refractivity contribution in [1.82, 2.24) is 0 Å². The van der Waals surface area contributed by atoms with Crippen LogP contribution in [-0.2, 0) is 0 Å². The van der Waals surface area contributed by atoms with Crippen LogP contribution in [0.4, 0.5) is 0 Å². The second-order valence-electron chi connectivity index (χ2n) is 28.2. The molecule has 0 saturated heterocycles. The number of ether oxygens (including phenoxy) is 4. The Morgan fingerprint density at radius 2 is 0.438 bits per heavy atom. The lowest BCUT2D eigenvalue weighted by Gasteiger charge is -2.37. The third-order valence-corrected chi connectivity index (χ3v) is 37.5. The second kappa shape index (κ2) is 25.5. The van der Waals surface area contributed by atoms with E-state index in [0.717, 1.165) is 0 Å². The van der Waals surface area contributed by atoms with Crippen molar-refractivity contribution in [3.05, 3.63) is 190 Å². The molecule has 0 bridgehead atoms. The van der Waals surface area contributed by atoms with E-state index in [1.807, 2.05) is 72.8 Å². The van der Waals surface area contributed by atoms with Crippen molar-refractivity contribution in [3.63, 3.8) is 0 Å². The Bertz CT molecular complexity index is 2660. The van der Waals surface area contributed by atoms with E-state index >= 15 is 0 Å². The molecule has 0 heterocycles. The van der Waals surface area contributed by atoms with Crippen LogP contribution in [-0.4, -0.2) is 80.3 Å². The molecule has 6 aromatic rings. The summed E-state index contributed by atoms with van der Waals surface area (Å²) < 4.78 is 26.0. The number of carbonyl (C=O) groups is 4. The molecule has 0 N–H and O–H groups in total. The van der Waals surface area contributed by atoms with Gasteiger partial charge in [0, 0.05) is 22.3 Å². The van der Waals surface area contributed by atoms with E-state index in [0.29, 0.717) is 92.4 Å². The van der Waals surface area contributed by atoms with E-state index in [4.69, 9.17) is 18.9 Å². The second-order valence-corrected chi connectivity index (χ2v) is 50.4. The summed E-state index contributed by atoms with van der Waals surface area (Å²) >= 11 is 0. The molecule has 0 aliphatic carbocycles. The highest BCUT2D eigenvalue weighted by molar-refractivity contribution is 6.81. The van der Waals surface area contributed by atoms with E-state index in [2.05, 4.69) is 135 Å². The lowest BCUT2D eigenvalue weighted by molar-refractivity contribution is 0.102. The zero-order valence-corrected chi connectivity index (χ0v) is 56.0. The number of rotatable bonds is 20. The van der Waals surface area contributed by atoms with E-state index in [-0.39, 0.29) is 43.3 Å². The van der Waals surface area contributed by atoms with Crippen LogP contribution in [0.5, 0.6) is 23.0 Å². The van der Waals surface area contributed by atoms with Gasteiger partial charge < -0.3 is 18.9 Å². The van der Waals surface area contributed by atoms with E-state index in [1.54, 1.807) is 72.8 Å². The molecular weight excluding hydrogens is 1060 g/mol. The van der Waals surface area contributed by atoms with Crippen molar-refractivity contribution in [1.29, 1.82) is 0 Å². The first-order valence-electron chi connectivity index (χ1n) is 28.2. The monoisotopic (exact) mass is 1150 g/mol. The van der Waals surface area contributed by atoms with Crippen molar-refractivity contribution in [3.8, 4) is 23.0 Å². The van der Waals surface area contributed by atoms with Crippen LogP contribution in [0.2, 0.25) is 72.5 Å². The maximum Gasteiger partial charge on any atom is 0.196 e. The van der Waals surface area contributed by atoms with Crippen molar-refractivity contribution in [2.75, 3.05) is 24.9 Å². The number of carbonyl (C=O) groups excluding carboxylic acids is 4. The zero-order valence-electron chi connectivity index (χ0n) is 52.0. The molecule has 0 unspecified atom stereocenters. The molecule has 6 rings (SSSR count). The first-order chi connectivity index (χ1) is 36.9. The fourth-order valence-corrected chi connectivity index (χ4v) is 11.0. The van der Waals surface area contributed by atoms with Crippen molar-refractivity contribution in [2.24, 2.45) is 0 Å². The van der Waals surface area contributed by atoms with Crippen LogP contribution in [0.15, 0.2) is 146 Å². The van der Waals surface area contributed by atoms with Gasteiger partial charge in [0.25, 0.3) is 0 Å². The Hall–Kier alpha value is -5.93. The van der Waals surface area contributed by atoms with Gasteiger partial charge in [-0.2, -0.15) is 0 Å². The normalized spacial score (nSPS) is 12.7. The van der Waals surface area contributed by atoms with Gasteiger partial charge in [-0.05, 0) is 44.4 Å². The topological polar surface area (TPSA) is 105 Å². The molecule has 6 aromatic carbocycles. The van der Waals surface area contributed by atoms with E-state index in [9.17, 15) is 19.2 Å². The predicted molar refractivity (Wildman–Crippen MR) is 343 cm³/mol. The highest BCUT2D eigenvalue weighted by Gasteiger charge is 2.40. The highest BCUT2D eigenvalue weighted by Crippen LogP contribution is 2.42. The Balaban J connectivity index is 0.000000294. The average Bonchev–Trinajstić information content (AvgIpc) is 3.39. The number of ketones is 4. The molecule has 0 radical (unpaired) electrons. The molecule has 428 valence electrons. The van der Waals surface area contributed by atoms with Gasteiger partial charge in [-0.15, -0.1) is 0 Å². The lowest BCUT2D eigenvalue weighted by Crippen LogP contribution is -2.44. The Kier molecular flexibility index (Phi) is 20.7. The summed E-state index contributed by atoms with van der Waals surface area (Å²) in [6.07, 6.45) is 2.09. The first kappa shape index (κ1) is 64.9. The van der Waals surface area contributed by atoms with Crippen LogP contribution in [0, 0.1) is 0 Å². The fraction of sp³-hybridized carbons (Fsp3) is 0.412. The van der Waals surface area contributed by atoms with Gasteiger partial charge >= 0.3 is 0 Å². The van der Waals surface area contributed by atoms with Gasteiger partial charge in [0.1, 0.15) is 23.0 Å². The Morgan fingerprint density at radius 1 is 0.287 bits per heavy atom. The SMILES string of the molecule is CC(C)(C)[Si](C)(C)COc1cc(C(=O)c2ccccc2)c(OC[Si](C)(C)C(C)(C)C)cc1C(=O)c1ccccc1.CC(C)(C)[Si](C)(C)COc1cc(C(=O)c2ccccc2)c(OC[Si](C)(C)C(C)(C)C)cc1C(=O)c1ccccc1. The molecular formula is C68H92O8Si4. The third-order valence-electron chi connectivity index (χ3n) is 17.8. The van der Waals surface area contributed by atoms with Crippen LogP contribution < -0.4 is 18.9 Å². The van der Waals surface area contributed by atoms with Crippen molar-refractivity contribution in [2.45, 2.75) is 156 Å². The van der Waals surface area contributed by atoms with Crippen molar-refractivity contribution < 1.29 is 38.1 Å². The smallest absolute Gasteiger partial charge is 0.196 e. The van der Waals surface area contributed by atoms with Crippen LogP contribution in [0.3, 0.4) is 0 Å². The summed E-state index contributed by atoms with van der Waals surface area (Å²) in [7, 11) is -7.41. The maximum atomic E-state index is 13.9. The highest BCUT2D eigenvalue weighted by atomic mass is 28.3. The van der Waals surface area contributed by atoms with E-state index in [1.165, 1.54) is 0 Å². The summed E-state index contributed by atoms with van der Waals surface area (Å²) in [6, 6.07) is 43.8. The predicted octanol–water partition coefficient (Wildman–Crippen LogP) is 18.0. The molecule has 80 heavy (non-hydrogen) atoms. The molecule has 0 aliphatic rings. The molecule has 0 aromatic heterocycles. The minimum Gasteiger partial charge on any atom is -0.496 e. The molecule has 8 nitrogen and oxygen atoms in total. The minimum atomic E-state index is -1.85. The van der Waals surface area contributed by atoms with Gasteiger partial charge in [0.15, 0.2) is 23.1 Å². The molecule has 0 fully saturated rings. The molecule has 0 atom stereocenters. The number of benzene rings is 6. The van der Waals surface area contributed by atoms with Gasteiger partial charge in [0.2, 0.25) is 0 Å². The summed E-state index contributed by atoms with van der Waals surface area (Å²) in [5, 5.41) is 0.411. The zero-order chi connectivity index (χ0) is 59.9. The molecule has 0 spiro atoms. The fourth-order valence-electron chi connectivity index (χ4n) is 7.19. The van der Waals surface area contributed by atoms with Crippen molar-refractivity contribution >= 4 is 55.4 Å². The number of hydrogen-bond acceptors (Lipinski definition) is 8. The van der Waals surface area contributed by atoms with Crippen LogP contribution >= 0.6 is 0 Å². The standard InChI is InChI=1S/2C34H46O4Si2/c2*1-33(2,3)39(7,8)23-37-29-21-28(32(36)26-19-15-12-16-20-26)30(38-24-40(9,10)34(4,5)6)22-27(29)31(35)25-17-13-11-14-18-25/h2*11-22H,23-24H2,1-10H3. The summed E-state index contributed by atoms with van der Waals surface area (Å²) in [4.78, 5) is 55.4. The Morgan fingerprint density at radius 3 is 0.575 bits per heavy atom. The number of hydrogen-bond donors (Lipinski definition) is 0. The lowest BCUT2D eigenvalue weighted by atomic mass is 9.96. The van der Waals surface area contributed by atoms with Gasteiger partial charge in [0.05, 0.1) is 79.5 Å². The molecule has 12 heteroatoms. The first-order valence-corrected chi connectivity index (χ1v) is 41.0. The summed E-state index contributed by atoms with van der Waals surface area (Å²) in [5.74, 6) is 1.11. The van der Waals surface area contributed by atoms with Gasteiger partial charge in [-0.1, -0.05) is 257 Å². The quantitative estimate of drug-likeness (QED) is 0.0550. The molecule has 0 saturated carbocycles. The maximum absolute atomic E-state index is 13.9. The summed E-state index contributed by atoms with van der Waals surface area (Å²) in [5.41, 5.74) is 3.93. The molecule has 0 aliphatic heterocycles. The summed E-state index contributed by atoms with van der Waals surface area (Å²) in [6.45, 7) is 45.2.